The normalized spacial score (nSPS) is 27.6. The fraction of sp³-hybridized carbons (Fsp3) is 0.526. The number of fused-ring (bicyclic) bond motifs is 1. The summed E-state index contributed by atoms with van der Waals surface area (Å²) in [7, 11) is 0. The molecular weight excluding hydrogens is 286 g/mol. The molecule has 2 fully saturated rings. The Balaban J connectivity index is 1.35. The van der Waals surface area contributed by atoms with Gasteiger partial charge < -0.3 is 15.6 Å². The van der Waals surface area contributed by atoms with Crippen LogP contribution in [-0.2, 0) is 11.3 Å². The number of carbonyl (C=O) groups excluding carboxylic acids is 1. The van der Waals surface area contributed by atoms with E-state index in [9.17, 15) is 4.79 Å². The quantitative estimate of drug-likeness (QED) is 0.816. The molecule has 1 saturated carbocycles. The predicted octanol–water partition coefficient (Wildman–Crippen LogP) is 3.10. The Kier molecular flexibility index (Phi) is 3.85. The van der Waals surface area contributed by atoms with Gasteiger partial charge in [-0.1, -0.05) is 12.1 Å². The molecule has 0 atom stereocenters. The molecule has 1 amide bonds. The van der Waals surface area contributed by atoms with Gasteiger partial charge >= 0.3 is 0 Å². The zero-order valence-corrected chi connectivity index (χ0v) is 13.5. The van der Waals surface area contributed by atoms with Crippen LogP contribution in [0, 0.1) is 5.92 Å². The summed E-state index contributed by atoms with van der Waals surface area (Å²) in [6, 6.07) is 8.27. The Morgan fingerprint density at radius 3 is 2.87 bits per heavy atom. The third kappa shape index (κ3) is 2.88. The number of benzene rings is 1. The van der Waals surface area contributed by atoms with E-state index >= 15 is 0 Å². The van der Waals surface area contributed by atoms with Crippen LogP contribution in [0.15, 0.2) is 30.5 Å². The van der Waals surface area contributed by atoms with Crippen molar-refractivity contribution in [3.63, 3.8) is 0 Å². The van der Waals surface area contributed by atoms with Crippen LogP contribution in [0.2, 0.25) is 0 Å². The van der Waals surface area contributed by atoms with Gasteiger partial charge in [-0.15, -0.1) is 0 Å². The molecule has 1 aliphatic carbocycles. The maximum absolute atomic E-state index is 12.5. The highest BCUT2D eigenvalue weighted by Gasteiger charge is 2.38. The van der Waals surface area contributed by atoms with Gasteiger partial charge in [0.15, 0.2) is 0 Å². The lowest BCUT2D eigenvalue weighted by atomic mass is 9.75. The van der Waals surface area contributed by atoms with Crippen molar-refractivity contribution in [2.24, 2.45) is 5.92 Å². The number of H-pyrrole nitrogens is 1. The predicted molar refractivity (Wildman–Crippen MR) is 92.1 cm³/mol. The summed E-state index contributed by atoms with van der Waals surface area (Å²) >= 11 is 0. The third-order valence-corrected chi connectivity index (χ3v) is 5.78. The lowest BCUT2D eigenvalue weighted by molar-refractivity contribution is -0.126. The van der Waals surface area contributed by atoms with Crippen LogP contribution < -0.4 is 10.6 Å². The van der Waals surface area contributed by atoms with Crippen LogP contribution in [0.3, 0.4) is 0 Å². The van der Waals surface area contributed by atoms with Gasteiger partial charge in [-0.25, -0.2) is 0 Å². The molecule has 1 aromatic carbocycles. The Labute approximate surface area is 137 Å². The molecule has 2 aliphatic rings. The smallest absolute Gasteiger partial charge is 0.223 e. The molecule has 4 heteroatoms. The number of hydrogen-bond acceptors (Lipinski definition) is 2. The van der Waals surface area contributed by atoms with Gasteiger partial charge in [0.1, 0.15) is 0 Å². The van der Waals surface area contributed by atoms with Gasteiger partial charge in [0, 0.05) is 35.1 Å². The Morgan fingerprint density at radius 1 is 1.22 bits per heavy atom. The number of carbonyl (C=O) groups is 1. The highest BCUT2D eigenvalue weighted by atomic mass is 16.1. The van der Waals surface area contributed by atoms with Crippen LogP contribution in [0.4, 0.5) is 0 Å². The maximum atomic E-state index is 12.5. The van der Waals surface area contributed by atoms with Gasteiger partial charge in [0.2, 0.25) is 5.91 Å². The molecule has 0 unspecified atom stereocenters. The standard InChI is InChI=1S/C19H25N3O/c23-18(14-5-9-19(10-6-14)8-2-11-22-19)21-13-15-3-1-4-17-16(15)7-12-20-17/h1,3-4,7,12,14,20,22H,2,5-6,8-11,13H2,(H,21,23). The Bertz CT molecular complexity index is 689. The van der Waals surface area contributed by atoms with Crippen molar-refractivity contribution < 1.29 is 4.79 Å². The first-order valence-corrected chi connectivity index (χ1v) is 8.84. The van der Waals surface area contributed by atoms with E-state index in [1.165, 1.54) is 23.8 Å². The first-order chi connectivity index (χ1) is 11.3. The minimum Gasteiger partial charge on any atom is -0.361 e. The average molecular weight is 311 g/mol. The number of aromatic amines is 1. The minimum atomic E-state index is 0.188. The molecule has 4 rings (SSSR count). The largest absolute Gasteiger partial charge is 0.361 e. The third-order valence-electron chi connectivity index (χ3n) is 5.78. The van der Waals surface area contributed by atoms with Gasteiger partial charge in [0.25, 0.3) is 0 Å². The topological polar surface area (TPSA) is 56.9 Å². The van der Waals surface area contributed by atoms with E-state index < -0.39 is 0 Å². The first-order valence-electron chi connectivity index (χ1n) is 8.84. The van der Waals surface area contributed by atoms with Gasteiger partial charge in [-0.2, -0.15) is 0 Å². The van der Waals surface area contributed by atoms with Crippen LogP contribution in [-0.4, -0.2) is 23.0 Å². The van der Waals surface area contributed by atoms with E-state index in [4.69, 9.17) is 0 Å². The molecule has 2 heterocycles. The average Bonchev–Trinajstić information content (AvgIpc) is 3.23. The summed E-state index contributed by atoms with van der Waals surface area (Å²) in [6.45, 7) is 1.77. The zero-order valence-electron chi connectivity index (χ0n) is 13.5. The van der Waals surface area contributed by atoms with Gasteiger partial charge in [0.05, 0.1) is 0 Å². The van der Waals surface area contributed by atoms with Crippen molar-refractivity contribution in [3.05, 3.63) is 36.0 Å². The minimum absolute atomic E-state index is 0.188. The Morgan fingerprint density at radius 2 is 2.09 bits per heavy atom. The van der Waals surface area contributed by atoms with Crippen molar-refractivity contribution in [2.45, 2.75) is 50.6 Å². The summed E-state index contributed by atoms with van der Waals surface area (Å²) in [4.78, 5) is 15.7. The summed E-state index contributed by atoms with van der Waals surface area (Å²) in [5.74, 6) is 0.416. The molecule has 4 nitrogen and oxygen atoms in total. The molecule has 1 saturated heterocycles. The lowest BCUT2D eigenvalue weighted by Crippen LogP contribution is -2.45. The van der Waals surface area contributed by atoms with Crippen LogP contribution >= 0.6 is 0 Å². The lowest BCUT2D eigenvalue weighted by Gasteiger charge is -2.37. The van der Waals surface area contributed by atoms with Crippen molar-refractivity contribution in [1.29, 1.82) is 0 Å². The van der Waals surface area contributed by atoms with Gasteiger partial charge in [-0.05, 0) is 62.8 Å². The second-order valence-corrected chi connectivity index (χ2v) is 7.16. The molecule has 1 aromatic heterocycles. The van der Waals surface area contributed by atoms with E-state index in [1.807, 2.05) is 12.3 Å². The van der Waals surface area contributed by atoms with Crippen LogP contribution in [0.1, 0.15) is 44.1 Å². The molecule has 1 aliphatic heterocycles. The fourth-order valence-electron chi connectivity index (χ4n) is 4.36. The number of hydrogen-bond donors (Lipinski definition) is 3. The number of aromatic nitrogens is 1. The fourth-order valence-corrected chi connectivity index (χ4v) is 4.36. The molecule has 122 valence electrons. The van der Waals surface area contributed by atoms with E-state index in [0.29, 0.717) is 12.1 Å². The first kappa shape index (κ1) is 14.8. The van der Waals surface area contributed by atoms with Crippen molar-refractivity contribution in [2.75, 3.05) is 6.54 Å². The summed E-state index contributed by atoms with van der Waals surface area (Å²) in [6.07, 6.45) is 8.87. The van der Waals surface area contributed by atoms with Crippen LogP contribution in [0.5, 0.6) is 0 Å². The van der Waals surface area contributed by atoms with Crippen molar-refractivity contribution in [1.82, 2.24) is 15.6 Å². The molecule has 0 radical (unpaired) electrons. The molecular formula is C19H25N3O. The molecule has 23 heavy (non-hydrogen) atoms. The summed E-state index contributed by atoms with van der Waals surface area (Å²) < 4.78 is 0. The van der Waals surface area contributed by atoms with Gasteiger partial charge in [-0.3, -0.25) is 4.79 Å². The highest BCUT2D eigenvalue weighted by Crippen LogP contribution is 2.37. The summed E-state index contributed by atoms with van der Waals surface area (Å²) in [5, 5.41) is 8.03. The second kappa shape index (κ2) is 6.00. The van der Waals surface area contributed by atoms with E-state index in [1.54, 1.807) is 0 Å². The van der Waals surface area contributed by atoms with E-state index in [2.05, 4.69) is 33.8 Å². The van der Waals surface area contributed by atoms with E-state index in [0.717, 1.165) is 37.7 Å². The number of amides is 1. The number of rotatable bonds is 3. The molecule has 1 spiro atoms. The monoisotopic (exact) mass is 311 g/mol. The molecule has 0 bridgehead atoms. The SMILES string of the molecule is O=C(NCc1cccc2[nH]ccc12)C1CCC2(CCCN2)CC1. The Hall–Kier alpha value is -1.81. The second-order valence-electron chi connectivity index (χ2n) is 7.16. The van der Waals surface area contributed by atoms with Crippen molar-refractivity contribution >= 4 is 16.8 Å². The van der Waals surface area contributed by atoms with E-state index in [-0.39, 0.29) is 11.8 Å². The molecule has 2 aromatic rings. The highest BCUT2D eigenvalue weighted by molar-refractivity contribution is 5.84. The molecule has 3 N–H and O–H groups in total. The van der Waals surface area contributed by atoms with Crippen LogP contribution in [0.25, 0.3) is 10.9 Å². The summed E-state index contributed by atoms with van der Waals surface area (Å²) in [5.41, 5.74) is 2.67. The maximum Gasteiger partial charge on any atom is 0.223 e. The number of nitrogens with one attached hydrogen (secondary N) is 3. The van der Waals surface area contributed by atoms with Crippen molar-refractivity contribution in [3.8, 4) is 0 Å². The zero-order chi connectivity index (χ0) is 15.7.